The first-order valence-corrected chi connectivity index (χ1v) is 7.68. The molecule has 1 aliphatic heterocycles. The molecule has 0 amide bonds. The lowest BCUT2D eigenvalue weighted by Gasteiger charge is -2.30. The Morgan fingerprint density at radius 1 is 1.44 bits per heavy atom. The van der Waals surface area contributed by atoms with E-state index in [2.05, 4.69) is 0 Å². The van der Waals surface area contributed by atoms with Gasteiger partial charge in [-0.05, 0) is 18.6 Å². The van der Waals surface area contributed by atoms with E-state index in [-0.39, 0.29) is 5.75 Å². The van der Waals surface area contributed by atoms with Crippen LogP contribution in [0.15, 0.2) is 18.2 Å². The van der Waals surface area contributed by atoms with Crippen LogP contribution in [0.2, 0.25) is 0 Å². The van der Waals surface area contributed by atoms with E-state index in [9.17, 15) is 8.42 Å². The fourth-order valence-electron chi connectivity index (χ4n) is 1.94. The summed E-state index contributed by atoms with van der Waals surface area (Å²) >= 11 is 0. The first-order valence-electron chi connectivity index (χ1n) is 6.07. The SMILES string of the molecule is CCCCS(=O)(=O)N1CCOc2cc(N)ccc21. The van der Waals surface area contributed by atoms with E-state index in [1.54, 1.807) is 18.2 Å². The monoisotopic (exact) mass is 270 g/mol. The Balaban J connectivity index is 2.33. The Bertz CT molecular complexity index is 528. The minimum atomic E-state index is -3.26. The maximum atomic E-state index is 12.2. The fraction of sp³-hybridized carbons (Fsp3) is 0.500. The van der Waals surface area contributed by atoms with E-state index < -0.39 is 10.0 Å². The largest absolute Gasteiger partial charge is 0.489 e. The van der Waals surface area contributed by atoms with Gasteiger partial charge in [0.1, 0.15) is 12.4 Å². The van der Waals surface area contributed by atoms with E-state index in [0.29, 0.717) is 36.7 Å². The van der Waals surface area contributed by atoms with Crippen LogP contribution in [0, 0.1) is 0 Å². The third kappa shape index (κ3) is 2.53. The van der Waals surface area contributed by atoms with Crippen LogP contribution >= 0.6 is 0 Å². The van der Waals surface area contributed by atoms with Crippen molar-refractivity contribution in [1.82, 2.24) is 0 Å². The second-order valence-corrected chi connectivity index (χ2v) is 6.33. The summed E-state index contributed by atoms with van der Waals surface area (Å²) in [6, 6.07) is 5.06. The Kier molecular flexibility index (Phi) is 3.65. The number of benzene rings is 1. The van der Waals surface area contributed by atoms with Crippen molar-refractivity contribution in [2.75, 3.05) is 28.9 Å². The fourth-order valence-corrected chi connectivity index (χ4v) is 3.61. The van der Waals surface area contributed by atoms with Crippen LogP contribution in [0.4, 0.5) is 11.4 Å². The number of nitrogens with two attached hydrogens (primary N) is 1. The average molecular weight is 270 g/mol. The smallest absolute Gasteiger partial charge is 0.235 e. The summed E-state index contributed by atoms with van der Waals surface area (Å²) in [5, 5.41) is 0. The van der Waals surface area contributed by atoms with Gasteiger partial charge in [-0.1, -0.05) is 13.3 Å². The molecule has 0 spiro atoms. The molecule has 2 rings (SSSR count). The molecule has 5 nitrogen and oxygen atoms in total. The number of nitrogens with zero attached hydrogens (tertiary/aromatic N) is 1. The quantitative estimate of drug-likeness (QED) is 0.843. The molecule has 0 aromatic heterocycles. The molecule has 0 bridgehead atoms. The first kappa shape index (κ1) is 13.0. The molecule has 0 fully saturated rings. The summed E-state index contributed by atoms with van der Waals surface area (Å²) in [6.45, 7) is 2.70. The molecule has 0 saturated carbocycles. The van der Waals surface area contributed by atoms with Crippen LogP contribution in [0.3, 0.4) is 0 Å². The van der Waals surface area contributed by atoms with Crippen LogP contribution in [-0.4, -0.2) is 27.3 Å². The van der Waals surface area contributed by atoms with Crippen molar-refractivity contribution >= 4 is 21.4 Å². The Labute approximate surface area is 108 Å². The highest BCUT2D eigenvalue weighted by Crippen LogP contribution is 2.35. The van der Waals surface area contributed by atoms with Crippen molar-refractivity contribution in [2.24, 2.45) is 0 Å². The van der Waals surface area contributed by atoms with Gasteiger partial charge in [-0.15, -0.1) is 0 Å². The minimum absolute atomic E-state index is 0.174. The van der Waals surface area contributed by atoms with Gasteiger partial charge < -0.3 is 10.5 Å². The van der Waals surface area contributed by atoms with Crippen molar-refractivity contribution < 1.29 is 13.2 Å². The minimum Gasteiger partial charge on any atom is -0.489 e. The molecule has 0 unspecified atom stereocenters. The van der Waals surface area contributed by atoms with E-state index in [1.807, 2.05) is 6.92 Å². The van der Waals surface area contributed by atoms with Gasteiger partial charge in [0.25, 0.3) is 0 Å². The molecule has 0 radical (unpaired) electrons. The van der Waals surface area contributed by atoms with Gasteiger partial charge in [0.05, 0.1) is 18.0 Å². The number of ether oxygens (including phenoxy) is 1. The second kappa shape index (κ2) is 5.06. The van der Waals surface area contributed by atoms with E-state index in [0.717, 1.165) is 6.42 Å². The summed E-state index contributed by atoms with van der Waals surface area (Å²) in [7, 11) is -3.26. The zero-order valence-electron chi connectivity index (χ0n) is 10.4. The molecule has 0 aliphatic carbocycles. The maximum absolute atomic E-state index is 12.2. The Morgan fingerprint density at radius 3 is 2.94 bits per heavy atom. The van der Waals surface area contributed by atoms with E-state index in [1.165, 1.54) is 4.31 Å². The molecule has 0 atom stereocenters. The van der Waals surface area contributed by atoms with Gasteiger partial charge in [0.15, 0.2) is 0 Å². The summed E-state index contributed by atoms with van der Waals surface area (Å²) in [6.07, 6.45) is 1.53. The van der Waals surface area contributed by atoms with Crippen molar-refractivity contribution in [2.45, 2.75) is 19.8 Å². The summed E-state index contributed by atoms with van der Waals surface area (Å²) in [4.78, 5) is 0. The van der Waals surface area contributed by atoms with E-state index >= 15 is 0 Å². The Morgan fingerprint density at radius 2 is 2.22 bits per heavy atom. The zero-order chi connectivity index (χ0) is 13.2. The number of hydrogen-bond donors (Lipinski definition) is 1. The third-order valence-corrected chi connectivity index (χ3v) is 4.75. The van der Waals surface area contributed by atoms with Crippen molar-refractivity contribution in [3.05, 3.63) is 18.2 Å². The third-order valence-electron chi connectivity index (χ3n) is 2.90. The van der Waals surface area contributed by atoms with Gasteiger partial charge in [0, 0.05) is 11.8 Å². The average Bonchev–Trinajstić information content (AvgIpc) is 2.35. The van der Waals surface area contributed by atoms with Crippen LogP contribution in [0.25, 0.3) is 0 Å². The van der Waals surface area contributed by atoms with Gasteiger partial charge >= 0.3 is 0 Å². The van der Waals surface area contributed by atoms with Gasteiger partial charge in [0.2, 0.25) is 10.0 Å². The number of sulfonamides is 1. The predicted molar refractivity (Wildman–Crippen MR) is 72.4 cm³/mol. The molecule has 18 heavy (non-hydrogen) atoms. The Hall–Kier alpha value is -1.43. The topological polar surface area (TPSA) is 72.6 Å². The van der Waals surface area contributed by atoms with Crippen LogP contribution in [0.1, 0.15) is 19.8 Å². The zero-order valence-corrected chi connectivity index (χ0v) is 11.2. The first-order chi connectivity index (χ1) is 8.54. The number of anilines is 2. The maximum Gasteiger partial charge on any atom is 0.235 e. The highest BCUT2D eigenvalue weighted by atomic mass is 32.2. The van der Waals surface area contributed by atoms with Crippen molar-refractivity contribution in [3.63, 3.8) is 0 Å². The lowest BCUT2D eigenvalue weighted by molar-refractivity contribution is 0.316. The molecule has 1 aromatic carbocycles. The van der Waals surface area contributed by atoms with Crippen LogP contribution < -0.4 is 14.8 Å². The lowest BCUT2D eigenvalue weighted by Crippen LogP contribution is -2.39. The van der Waals surface area contributed by atoms with Gasteiger partial charge in [-0.25, -0.2) is 8.42 Å². The second-order valence-electron chi connectivity index (χ2n) is 4.32. The van der Waals surface area contributed by atoms with Crippen LogP contribution in [-0.2, 0) is 10.0 Å². The number of fused-ring (bicyclic) bond motifs is 1. The highest BCUT2D eigenvalue weighted by molar-refractivity contribution is 7.92. The normalized spacial score (nSPS) is 15.1. The molecular formula is C12H18N2O3S. The van der Waals surface area contributed by atoms with Crippen molar-refractivity contribution in [1.29, 1.82) is 0 Å². The molecule has 2 N–H and O–H groups in total. The van der Waals surface area contributed by atoms with Crippen molar-refractivity contribution in [3.8, 4) is 5.75 Å². The molecule has 6 heteroatoms. The summed E-state index contributed by atoms with van der Waals surface area (Å²) < 4.78 is 31.3. The van der Waals surface area contributed by atoms with Gasteiger partial charge in [-0.2, -0.15) is 0 Å². The molecule has 1 heterocycles. The van der Waals surface area contributed by atoms with E-state index in [4.69, 9.17) is 10.5 Å². The molecular weight excluding hydrogens is 252 g/mol. The standard InChI is InChI=1S/C12H18N2O3S/c1-2-3-8-18(15,16)14-6-7-17-12-9-10(13)4-5-11(12)14/h4-5,9H,2-3,6-8,13H2,1H3. The number of rotatable bonds is 4. The molecule has 1 aromatic rings. The highest BCUT2D eigenvalue weighted by Gasteiger charge is 2.27. The van der Waals surface area contributed by atoms with Crippen LogP contribution in [0.5, 0.6) is 5.75 Å². The lowest BCUT2D eigenvalue weighted by atomic mass is 10.2. The number of hydrogen-bond acceptors (Lipinski definition) is 4. The van der Waals surface area contributed by atoms with Gasteiger partial charge in [-0.3, -0.25) is 4.31 Å². The molecule has 100 valence electrons. The number of nitrogen functional groups attached to an aromatic ring is 1. The summed E-state index contributed by atoms with van der Waals surface area (Å²) in [5.41, 5.74) is 6.83. The predicted octanol–water partition coefficient (Wildman–Crippen LogP) is 1.60. The summed E-state index contributed by atoms with van der Waals surface area (Å²) in [5.74, 6) is 0.717. The number of unbranched alkanes of at least 4 members (excludes halogenated alkanes) is 1. The molecule has 1 aliphatic rings. The molecule has 0 saturated heterocycles.